The van der Waals surface area contributed by atoms with Crippen LogP contribution in [0.1, 0.15) is 18.4 Å². The number of hydrogen-bond donors (Lipinski definition) is 1. The molecule has 0 radical (unpaired) electrons. The number of hydrogen-bond acceptors (Lipinski definition) is 4. The third kappa shape index (κ3) is 6.51. The van der Waals surface area contributed by atoms with Crippen LogP contribution in [0, 0.1) is 11.3 Å². The number of anilines is 1. The van der Waals surface area contributed by atoms with Gasteiger partial charge in [-0.25, -0.2) is 0 Å². The fraction of sp³-hybridized carbons (Fsp3) is 0.263. The molecule has 0 atom stereocenters. The Labute approximate surface area is 141 Å². The first-order chi connectivity index (χ1) is 11.8. The molecule has 0 aliphatic rings. The van der Waals surface area contributed by atoms with Crippen LogP contribution in [0.25, 0.3) is 0 Å². The Bertz CT molecular complexity index is 681. The van der Waals surface area contributed by atoms with Gasteiger partial charge in [0.05, 0.1) is 19.3 Å². The van der Waals surface area contributed by atoms with Crippen LogP contribution in [0.5, 0.6) is 5.75 Å². The van der Waals surface area contributed by atoms with E-state index < -0.39 is 0 Å². The van der Waals surface area contributed by atoms with Crippen molar-refractivity contribution in [1.82, 2.24) is 0 Å². The Balaban J connectivity index is 1.74. The van der Waals surface area contributed by atoms with Crippen molar-refractivity contribution in [2.75, 3.05) is 18.5 Å². The van der Waals surface area contributed by atoms with Crippen LogP contribution < -0.4 is 10.1 Å². The predicted octanol–water partition coefficient (Wildman–Crippen LogP) is 3.52. The second kappa shape index (κ2) is 10.0. The third-order valence-corrected chi connectivity index (χ3v) is 3.16. The Hall–Kier alpha value is -2.84. The van der Waals surface area contributed by atoms with E-state index in [-0.39, 0.29) is 12.5 Å². The summed E-state index contributed by atoms with van der Waals surface area (Å²) in [7, 11) is 0. The van der Waals surface area contributed by atoms with Crippen LogP contribution in [0.3, 0.4) is 0 Å². The molecule has 5 heteroatoms. The number of unbranched alkanes of at least 4 members (excludes halogenated alkanes) is 1. The second-order valence-electron chi connectivity index (χ2n) is 5.16. The summed E-state index contributed by atoms with van der Waals surface area (Å²) in [5.74, 6) is 0.448. The maximum atomic E-state index is 11.9. The molecule has 0 heterocycles. The summed E-state index contributed by atoms with van der Waals surface area (Å²) < 4.78 is 10.9. The van der Waals surface area contributed by atoms with Gasteiger partial charge in [0.2, 0.25) is 5.91 Å². The van der Waals surface area contributed by atoms with Gasteiger partial charge in [-0.1, -0.05) is 36.4 Å². The van der Waals surface area contributed by atoms with Gasteiger partial charge in [-0.05, 0) is 24.1 Å². The lowest BCUT2D eigenvalue weighted by Gasteiger charge is -2.09. The van der Waals surface area contributed by atoms with Gasteiger partial charge in [0, 0.05) is 18.2 Å². The number of carbonyl (C=O) groups is 1. The monoisotopic (exact) mass is 324 g/mol. The fourth-order valence-corrected chi connectivity index (χ4v) is 2.04. The normalized spacial score (nSPS) is 9.96. The lowest BCUT2D eigenvalue weighted by Crippen LogP contribution is -2.18. The van der Waals surface area contributed by atoms with Crippen LogP contribution in [0.2, 0.25) is 0 Å². The summed E-state index contributed by atoms with van der Waals surface area (Å²) in [6, 6.07) is 18.9. The maximum Gasteiger partial charge on any atom is 0.250 e. The molecule has 5 nitrogen and oxygen atoms in total. The summed E-state index contributed by atoms with van der Waals surface area (Å²) in [5.41, 5.74) is 1.68. The molecule has 2 aromatic rings. The zero-order valence-electron chi connectivity index (χ0n) is 13.4. The predicted molar refractivity (Wildman–Crippen MR) is 91.5 cm³/mol. The zero-order chi connectivity index (χ0) is 17.0. The van der Waals surface area contributed by atoms with Crippen molar-refractivity contribution in [2.45, 2.75) is 19.4 Å². The lowest BCUT2D eigenvalue weighted by atomic mass is 10.2. The highest BCUT2D eigenvalue weighted by molar-refractivity contribution is 5.91. The van der Waals surface area contributed by atoms with Gasteiger partial charge in [-0.3, -0.25) is 4.79 Å². The van der Waals surface area contributed by atoms with Crippen molar-refractivity contribution in [3.8, 4) is 11.8 Å². The van der Waals surface area contributed by atoms with Crippen LogP contribution in [0.4, 0.5) is 5.69 Å². The number of amides is 1. The molecular formula is C19H20N2O3. The van der Waals surface area contributed by atoms with Crippen molar-refractivity contribution in [3.05, 3.63) is 60.2 Å². The zero-order valence-corrected chi connectivity index (χ0v) is 13.4. The fourth-order valence-electron chi connectivity index (χ4n) is 2.04. The largest absolute Gasteiger partial charge is 0.493 e. The Kier molecular flexibility index (Phi) is 7.32. The first kappa shape index (κ1) is 17.5. The molecular weight excluding hydrogens is 304 g/mol. The lowest BCUT2D eigenvalue weighted by molar-refractivity contribution is -0.121. The minimum absolute atomic E-state index is 0.0118. The number of benzene rings is 2. The quantitative estimate of drug-likeness (QED) is 0.716. The van der Waals surface area contributed by atoms with E-state index in [4.69, 9.17) is 14.7 Å². The average molecular weight is 324 g/mol. The van der Waals surface area contributed by atoms with Gasteiger partial charge in [0.15, 0.2) is 0 Å². The van der Waals surface area contributed by atoms with Crippen molar-refractivity contribution in [3.63, 3.8) is 0 Å². The van der Waals surface area contributed by atoms with Gasteiger partial charge in [-0.15, -0.1) is 0 Å². The summed E-state index contributed by atoms with van der Waals surface area (Å²) in [5, 5.41) is 11.3. The van der Waals surface area contributed by atoms with Crippen LogP contribution in [0.15, 0.2) is 54.6 Å². The van der Waals surface area contributed by atoms with E-state index in [1.165, 1.54) is 0 Å². The van der Waals surface area contributed by atoms with Crippen LogP contribution in [-0.2, 0) is 16.1 Å². The van der Waals surface area contributed by atoms with Crippen LogP contribution in [-0.4, -0.2) is 19.1 Å². The Morgan fingerprint density at radius 2 is 1.96 bits per heavy atom. The first-order valence-corrected chi connectivity index (χ1v) is 7.79. The number of carbonyl (C=O) groups excluding carboxylic acids is 1. The molecule has 0 aromatic heterocycles. The number of nitriles is 1. The SMILES string of the molecule is N#CCCCOc1cccc(NC(=O)COCc2ccccc2)c1. The highest BCUT2D eigenvalue weighted by Gasteiger charge is 2.04. The molecule has 0 saturated heterocycles. The van der Waals surface area contributed by atoms with E-state index in [1.54, 1.807) is 18.2 Å². The van der Waals surface area contributed by atoms with E-state index in [0.29, 0.717) is 37.5 Å². The molecule has 1 amide bonds. The van der Waals surface area contributed by atoms with Gasteiger partial charge in [0.25, 0.3) is 0 Å². The summed E-state index contributed by atoms with van der Waals surface area (Å²) in [6.07, 6.45) is 1.15. The number of nitrogens with zero attached hydrogens (tertiary/aromatic N) is 1. The molecule has 0 aliphatic heterocycles. The van der Waals surface area contributed by atoms with Gasteiger partial charge < -0.3 is 14.8 Å². The van der Waals surface area contributed by atoms with Crippen molar-refractivity contribution in [2.24, 2.45) is 0 Å². The molecule has 0 aliphatic carbocycles. The first-order valence-electron chi connectivity index (χ1n) is 7.79. The molecule has 1 N–H and O–H groups in total. The van der Waals surface area contributed by atoms with E-state index in [2.05, 4.69) is 11.4 Å². The van der Waals surface area contributed by atoms with Gasteiger partial charge >= 0.3 is 0 Å². The molecule has 0 bridgehead atoms. The van der Waals surface area contributed by atoms with E-state index in [0.717, 1.165) is 5.56 Å². The van der Waals surface area contributed by atoms with Gasteiger partial charge in [0.1, 0.15) is 12.4 Å². The molecule has 124 valence electrons. The smallest absolute Gasteiger partial charge is 0.250 e. The number of nitrogens with one attached hydrogen (secondary N) is 1. The molecule has 2 aromatic carbocycles. The average Bonchev–Trinajstić information content (AvgIpc) is 2.60. The third-order valence-electron chi connectivity index (χ3n) is 3.16. The second-order valence-corrected chi connectivity index (χ2v) is 5.16. The van der Waals surface area contributed by atoms with E-state index in [1.807, 2.05) is 36.4 Å². The molecule has 0 spiro atoms. The van der Waals surface area contributed by atoms with Crippen molar-refractivity contribution >= 4 is 11.6 Å². The highest BCUT2D eigenvalue weighted by atomic mass is 16.5. The molecule has 0 unspecified atom stereocenters. The Morgan fingerprint density at radius 1 is 1.12 bits per heavy atom. The van der Waals surface area contributed by atoms with E-state index >= 15 is 0 Å². The molecule has 0 saturated carbocycles. The standard InChI is InChI=1S/C19H20N2O3/c20-11-4-5-12-24-18-10-6-9-17(13-18)21-19(22)15-23-14-16-7-2-1-3-8-16/h1-3,6-10,13H,4-5,12,14-15H2,(H,21,22). The maximum absolute atomic E-state index is 11.9. The van der Waals surface area contributed by atoms with E-state index in [9.17, 15) is 4.79 Å². The molecule has 2 rings (SSSR count). The van der Waals surface area contributed by atoms with Gasteiger partial charge in [-0.2, -0.15) is 5.26 Å². The summed E-state index contributed by atoms with van der Waals surface area (Å²) in [6.45, 7) is 0.865. The summed E-state index contributed by atoms with van der Waals surface area (Å²) >= 11 is 0. The van der Waals surface area contributed by atoms with Crippen LogP contribution >= 0.6 is 0 Å². The minimum atomic E-state index is -0.215. The molecule has 0 fully saturated rings. The highest BCUT2D eigenvalue weighted by Crippen LogP contribution is 2.17. The number of rotatable bonds is 9. The Morgan fingerprint density at radius 3 is 2.75 bits per heavy atom. The van der Waals surface area contributed by atoms with Crippen molar-refractivity contribution < 1.29 is 14.3 Å². The minimum Gasteiger partial charge on any atom is -0.493 e. The topological polar surface area (TPSA) is 71.3 Å². The number of ether oxygens (including phenoxy) is 2. The van der Waals surface area contributed by atoms with Crippen molar-refractivity contribution in [1.29, 1.82) is 5.26 Å². The molecule has 24 heavy (non-hydrogen) atoms. The summed E-state index contributed by atoms with van der Waals surface area (Å²) in [4.78, 5) is 11.9.